The minimum atomic E-state index is -1.05. The van der Waals surface area contributed by atoms with Crippen molar-refractivity contribution in [2.24, 2.45) is 5.92 Å². The maximum absolute atomic E-state index is 12.2. The van der Waals surface area contributed by atoms with Gasteiger partial charge in [-0.1, -0.05) is 38.2 Å². The Hall–Kier alpha value is -1.86. The zero-order chi connectivity index (χ0) is 17.1. The topological polar surface area (TPSA) is 66.8 Å². The van der Waals surface area contributed by atoms with Crippen LogP contribution in [0.25, 0.3) is 6.08 Å². The van der Waals surface area contributed by atoms with E-state index in [0.29, 0.717) is 4.91 Å². The summed E-state index contributed by atoms with van der Waals surface area (Å²) in [5.74, 6) is -0.561. The third-order valence-electron chi connectivity index (χ3n) is 3.40. The lowest BCUT2D eigenvalue weighted by molar-refractivity contribution is -0.142. The largest absolute Gasteiger partial charge is 0.497 e. The Labute approximate surface area is 144 Å². The summed E-state index contributed by atoms with van der Waals surface area (Å²) in [4.78, 5) is 25.7. The highest BCUT2D eigenvalue weighted by molar-refractivity contribution is 8.19. The lowest BCUT2D eigenvalue weighted by atomic mass is 10.0. The standard InChI is InChI=1S/C16H17NO4S2/c1-9(2)13(15(18)19)17-14(22)12(23-16(17)20)8-10-4-6-11(21-3)7-5-10/h4-9,13H,1-3H3,(H,18,19)/b12-8-/t13-/m1/s1. The zero-order valence-electron chi connectivity index (χ0n) is 13.0. The zero-order valence-corrected chi connectivity index (χ0v) is 14.6. The van der Waals surface area contributed by atoms with E-state index in [4.69, 9.17) is 17.0 Å². The highest BCUT2D eigenvalue weighted by atomic mass is 32.2. The number of thiocarbonyl (C=S) groups is 1. The van der Waals surface area contributed by atoms with Crippen molar-refractivity contribution in [3.8, 4) is 5.75 Å². The second-order valence-electron chi connectivity index (χ2n) is 5.35. The number of carbonyl (C=O) groups is 2. The molecule has 7 heteroatoms. The number of thioether (sulfide) groups is 1. The average molecular weight is 351 g/mol. The van der Waals surface area contributed by atoms with Crippen molar-refractivity contribution >= 4 is 46.3 Å². The summed E-state index contributed by atoms with van der Waals surface area (Å²) in [6.07, 6.45) is 1.78. The third-order valence-corrected chi connectivity index (χ3v) is 4.85. The van der Waals surface area contributed by atoms with Crippen molar-refractivity contribution in [2.45, 2.75) is 19.9 Å². The molecule has 5 nitrogen and oxygen atoms in total. The molecule has 2 rings (SSSR count). The molecule has 1 aliphatic heterocycles. The molecule has 1 aromatic rings. The van der Waals surface area contributed by atoms with Crippen molar-refractivity contribution in [1.29, 1.82) is 0 Å². The van der Waals surface area contributed by atoms with Crippen LogP contribution in [0, 0.1) is 5.92 Å². The van der Waals surface area contributed by atoms with Crippen LogP contribution in [0.15, 0.2) is 29.2 Å². The Kier molecular flexibility index (Phi) is 5.43. The van der Waals surface area contributed by atoms with Gasteiger partial charge >= 0.3 is 5.97 Å². The molecule has 0 aromatic heterocycles. The second kappa shape index (κ2) is 7.14. The first-order valence-corrected chi connectivity index (χ1v) is 8.21. The number of ether oxygens (including phenoxy) is 1. The highest BCUT2D eigenvalue weighted by Crippen LogP contribution is 2.36. The van der Waals surface area contributed by atoms with Gasteiger partial charge in [0.1, 0.15) is 16.8 Å². The van der Waals surface area contributed by atoms with E-state index >= 15 is 0 Å². The van der Waals surface area contributed by atoms with Crippen LogP contribution in [0.3, 0.4) is 0 Å². The van der Waals surface area contributed by atoms with Crippen LogP contribution in [0.4, 0.5) is 4.79 Å². The number of benzene rings is 1. The van der Waals surface area contributed by atoms with Gasteiger partial charge in [0.15, 0.2) is 0 Å². The van der Waals surface area contributed by atoms with E-state index in [1.54, 1.807) is 27.0 Å². The number of nitrogens with zero attached hydrogens (tertiary/aromatic N) is 1. The summed E-state index contributed by atoms with van der Waals surface area (Å²) >= 11 is 6.29. The third kappa shape index (κ3) is 3.73. The van der Waals surface area contributed by atoms with E-state index in [1.807, 2.05) is 24.3 Å². The normalized spacial score (nSPS) is 17.9. The molecule has 1 fully saturated rings. The van der Waals surface area contributed by atoms with Crippen LogP contribution in [0.1, 0.15) is 19.4 Å². The lowest BCUT2D eigenvalue weighted by Gasteiger charge is -2.26. The molecule has 1 atom stereocenters. The number of hydrogen-bond donors (Lipinski definition) is 1. The van der Waals surface area contributed by atoms with Crippen molar-refractivity contribution in [2.75, 3.05) is 7.11 Å². The summed E-state index contributed by atoms with van der Waals surface area (Å²) < 4.78 is 5.10. The smallest absolute Gasteiger partial charge is 0.327 e. The summed E-state index contributed by atoms with van der Waals surface area (Å²) in [5, 5.41) is 9.03. The van der Waals surface area contributed by atoms with Gasteiger partial charge in [0, 0.05) is 0 Å². The van der Waals surface area contributed by atoms with Crippen molar-refractivity contribution in [3.63, 3.8) is 0 Å². The Morgan fingerprint density at radius 3 is 2.43 bits per heavy atom. The molecule has 0 bridgehead atoms. The van der Waals surface area contributed by atoms with E-state index in [0.717, 1.165) is 23.1 Å². The molecule has 0 aliphatic carbocycles. The van der Waals surface area contributed by atoms with Crippen LogP contribution in [-0.2, 0) is 4.79 Å². The van der Waals surface area contributed by atoms with Crippen LogP contribution in [0.2, 0.25) is 0 Å². The van der Waals surface area contributed by atoms with Crippen molar-refractivity contribution in [1.82, 2.24) is 4.90 Å². The molecular weight excluding hydrogens is 334 g/mol. The first-order valence-electron chi connectivity index (χ1n) is 6.99. The van der Waals surface area contributed by atoms with Gasteiger partial charge < -0.3 is 9.84 Å². The lowest BCUT2D eigenvalue weighted by Crippen LogP contribution is -2.46. The van der Waals surface area contributed by atoms with Crippen molar-refractivity contribution < 1.29 is 19.4 Å². The highest BCUT2D eigenvalue weighted by Gasteiger charge is 2.41. The van der Waals surface area contributed by atoms with Gasteiger partial charge in [0.25, 0.3) is 5.24 Å². The second-order valence-corrected chi connectivity index (χ2v) is 6.73. The van der Waals surface area contributed by atoms with Crippen LogP contribution >= 0.6 is 24.0 Å². The predicted molar refractivity (Wildman–Crippen MR) is 94.7 cm³/mol. The molecule has 1 amide bonds. The fourth-order valence-corrected chi connectivity index (χ4v) is 3.58. The quantitative estimate of drug-likeness (QED) is 0.645. The maximum Gasteiger partial charge on any atom is 0.327 e. The van der Waals surface area contributed by atoms with E-state index in [1.165, 1.54) is 4.90 Å². The molecule has 0 spiro atoms. The number of hydrogen-bond acceptors (Lipinski definition) is 5. The summed E-state index contributed by atoms with van der Waals surface area (Å²) in [6, 6.07) is 6.36. The molecule has 1 aromatic carbocycles. The van der Waals surface area contributed by atoms with Crippen LogP contribution in [0.5, 0.6) is 5.75 Å². The van der Waals surface area contributed by atoms with Gasteiger partial charge in [-0.15, -0.1) is 0 Å². The van der Waals surface area contributed by atoms with Gasteiger partial charge in [0.2, 0.25) is 0 Å². The van der Waals surface area contributed by atoms with Crippen molar-refractivity contribution in [3.05, 3.63) is 34.7 Å². The number of rotatable bonds is 5. The van der Waals surface area contributed by atoms with Crippen LogP contribution < -0.4 is 4.74 Å². The summed E-state index contributed by atoms with van der Waals surface area (Å²) in [6.45, 7) is 3.51. The first kappa shape index (κ1) is 17.5. The maximum atomic E-state index is 12.2. The van der Waals surface area contributed by atoms with Gasteiger partial charge in [-0.25, -0.2) is 4.79 Å². The van der Waals surface area contributed by atoms with Gasteiger partial charge in [0.05, 0.1) is 12.0 Å². The fourth-order valence-electron chi connectivity index (χ4n) is 2.26. The molecule has 1 aliphatic rings. The van der Waals surface area contributed by atoms with Gasteiger partial charge in [-0.3, -0.25) is 9.69 Å². The predicted octanol–water partition coefficient (Wildman–Crippen LogP) is 3.64. The summed E-state index contributed by atoms with van der Waals surface area (Å²) in [7, 11) is 1.59. The monoisotopic (exact) mass is 351 g/mol. The Bertz CT molecular complexity index is 667. The summed E-state index contributed by atoms with van der Waals surface area (Å²) in [5.41, 5.74) is 0.863. The fraction of sp³-hybridized carbons (Fsp3) is 0.312. The molecule has 0 saturated carbocycles. The van der Waals surface area contributed by atoms with E-state index < -0.39 is 12.0 Å². The molecule has 23 heavy (non-hydrogen) atoms. The van der Waals surface area contributed by atoms with E-state index in [-0.39, 0.29) is 16.1 Å². The van der Waals surface area contributed by atoms with E-state index in [9.17, 15) is 14.7 Å². The van der Waals surface area contributed by atoms with E-state index in [2.05, 4.69) is 0 Å². The molecular formula is C16H17NO4S2. The van der Waals surface area contributed by atoms with Crippen LogP contribution in [-0.4, -0.2) is 39.4 Å². The van der Waals surface area contributed by atoms with Gasteiger partial charge in [-0.2, -0.15) is 0 Å². The number of methoxy groups -OCH3 is 1. The number of amides is 1. The Morgan fingerprint density at radius 2 is 1.96 bits per heavy atom. The number of carbonyl (C=O) groups excluding carboxylic acids is 1. The van der Waals surface area contributed by atoms with Gasteiger partial charge in [-0.05, 0) is 41.5 Å². The number of carboxylic acid groups (broad SMARTS) is 1. The molecule has 0 unspecified atom stereocenters. The first-order chi connectivity index (χ1) is 10.8. The minimum Gasteiger partial charge on any atom is -0.497 e. The average Bonchev–Trinajstić information content (AvgIpc) is 2.75. The Morgan fingerprint density at radius 1 is 1.35 bits per heavy atom. The molecule has 122 valence electrons. The molecule has 1 N–H and O–H groups in total. The molecule has 1 saturated heterocycles. The Balaban J connectivity index is 2.29. The minimum absolute atomic E-state index is 0.240. The number of carboxylic acids is 1. The SMILES string of the molecule is COc1ccc(/C=C2\SC(=O)N([C@@H](C(=O)O)C(C)C)C2=S)cc1. The number of aliphatic carboxylic acids is 1. The molecule has 1 heterocycles. The molecule has 0 radical (unpaired) electrons.